The van der Waals surface area contributed by atoms with Crippen molar-refractivity contribution in [1.29, 1.82) is 0 Å². The second kappa shape index (κ2) is 14.0. The number of benzene rings is 4. The predicted molar refractivity (Wildman–Crippen MR) is 239 cm³/mol. The smallest absolute Gasteiger partial charge is 0.242 e. The molecule has 4 atom stereocenters. The highest BCUT2D eigenvalue weighted by molar-refractivity contribution is 6.70. The standard InChI is InChI=1S/C49H53O2Si3/c1-32-28-46-42(40-22-14-16-34-30-36(24-26-38(34)40)50-53(4,5)6)18-10-12-20-44(46)48(32)52(3)49-33(2)29-47-43(19-11-13-21-45(47)49)41-23-15-17-35-31-37(25-27-39(35)41)51-54(7,8)9/h10-31,42-43,48-49H,1-9H3. The van der Waals surface area contributed by atoms with Crippen molar-refractivity contribution in [3.8, 4) is 11.5 Å². The van der Waals surface area contributed by atoms with Crippen LogP contribution in [0.5, 0.6) is 11.5 Å². The van der Waals surface area contributed by atoms with Gasteiger partial charge in [0.2, 0.25) is 16.6 Å². The van der Waals surface area contributed by atoms with E-state index in [1.54, 1.807) is 0 Å². The van der Waals surface area contributed by atoms with E-state index in [0.717, 1.165) is 11.5 Å². The van der Waals surface area contributed by atoms with Crippen LogP contribution >= 0.6 is 0 Å². The van der Waals surface area contributed by atoms with Gasteiger partial charge in [0.25, 0.3) is 0 Å². The van der Waals surface area contributed by atoms with E-state index < -0.39 is 25.4 Å². The fraction of sp³-hybridized carbons (Fsp3) is 0.265. The molecule has 2 nitrogen and oxygen atoms in total. The van der Waals surface area contributed by atoms with Gasteiger partial charge in [0, 0.05) is 11.8 Å². The van der Waals surface area contributed by atoms with Crippen LogP contribution < -0.4 is 8.85 Å². The van der Waals surface area contributed by atoms with Gasteiger partial charge in [-0.1, -0.05) is 127 Å². The zero-order chi connectivity index (χ0) is 37.9. The first kappa shape index (κ1) is 36.5. The van der Waals surface area contributed by atoms with E-state index >= 15 is 0 Å². The van der Waals surface area contributed by atoms with Crippen molar-refractivity contribution < 1.29 is 8.85 Å². The molecule has 4 unspecified atom stereocenters. The molecular formula is C49H53O2Si3. The van der Waals surface area contributed by atoms with E-state index in [1.165, 1.54) is 66.1 Å². The van der Waals surface area contributed by atoms with Crippen molar-refractivity contribution >= 4 is 47.0 Å². The van der Waals surface area contributed by atoms with Gasteiger partial charge in [-0.15, -0.1) is 0 Å². The molecule has 4 aliphatic carbocycles. The molecule has 0 amide bonds. The topological polar surface area (TPSA) is 18.5 Å². The van der Waals surface area contributed by atoms with E-state index in [-0.39, 0.29) is 11.8 Å². The molecule has 0 aromatic heterocycles. The van der Waals surface area contributed by atoms with Crippen LogP contribution in [0.2, 0.25) is 56.9 Å². The lowest BCUT2D eigenvalue weighted by molar-refractivity contribution is 0.558. The predicted octanol–water partition coefficient (Wildman–Crippen LogP) is 13.9. The highest BCUT2D eigenvalue weighted by atomic mass is 28.4. The molecular weight excluding hydrogens is 705 g/mol. The average molecular weight is 758 g/mol. The van der Waals surface area contributed by atoms with Gasteiger partial charge >= 0.3 is 0 Å². The molecule has 0 heterocycles. The van der Waals surface area contributed by atoms with Gasteiger partial charge in [-0.25, -0.2) is 0 Å². The molecule has 4 aromatic rings. The van der Waals surface area contributed by atoms with Crippen LogP contribution in [0.25, 0.3) is 21.5 Å². The minimum atomic E-state index is -1.70. The number of allylic oxidation sites excluding steroid dienone is 16. The lowest BCUT2D eigenvalue weighted by Crippen LogP contribution is -2.29. The van der Waals surface area contributed by atoms with Gasteiger partial charge in [0.1, 0.15) is 11.5 Å². The van der Waals surface area contributed by atoms with Gasteiger partial charge in [-0.3, -0.25) is 0 Å². The number of fused-ring (bicyclic) bond motifs is 2. The third-order valence-electron chi connectivity index (χ3n) is 11.2. The Morgan fingerprint density at radius 2 is 0.944 bits per heavy atom. The van der Waals surface area contributed by atoms with Crippen LogP contribution in [-0.2, 0) is 0 Å². The van der Waals surface area contributed by atoms with Crippen molar-refractivity contribution in [1.82, 2.24) is 0 Å². The van der Waals surface area contributed by atoms with Crippen LogP contribution in [0.3, 0.4) is 0 Å². The summed E-state index contributed by atoms with van der Waals surface area (Å²) in [6.45, 7) is 20.8. The summed E-state index contributed by atoms with van der Waals surface area (Å²) >= 11 is 0. The average Bonchev–Trinajstić information content (AvgIpc) is 3.42. The Morgan fingerprint density at radius 3 is 1.35 bits per heavy atom. The van der Waals surface area contributed by atoms with Crippen LogP contribution in [0.15, 0.2) is 167 Å². The summed E-state index contributed by atoms with van der Waals surface area (Å²) in [7, 11) is -4.39. The van der Waals surface area contributed by atoms with Gasteiger partial charge in [0.15, 0.2) is 0 Å². The molecule has 0 spiro atoms. The molecule has 1 radical (unpaired) electrons. The Bertz CT molecular complexity index is 2250. The van der Waals surface area contributed by atoms with Crippen molar-refractivity contribution in [2.75, 3.05) is 0 Å². The van der Waals surface area contributed by atoms with Crippen LogP contribution in [0.1, 0.15) is 36.8 Å². The third kappa shape index (κ3) is 6.98. The number of hydrogen-bond acceptors (Lipinski definition) is 2. The van der Waals surface area contributed by atoms with Crippen LogP contribution in [-0.4, -0.2) is 25.4 Å². The molecule has 0 saturated heterocycles. The van der Waals surface area contributed by atoms with E-state index in [4.69, 9.17) is 8.85 Å². The molecule has 4 aliphatic rings. The Kier molecular flexibility index (Phi) is 9.48. The Hall–Kier alpha value is -4.43. The highest BCUT2D eigenvalue weighted by Gasteiger charge is 2.41. The second-order valence-electron chi connectivity index (χ2n) is 17.5. The maximum atomic E-state index is 6.39. The Labute approximate surface area is 326 Å². The lowest BCUT2D eigenvalue weighted by Gasteiger charge is -2.30. The molecule has 0 N–H and O–H groups in total. The zero-order valence-corrected chi connectivity index (χ0v) is 36.3. The largest absolute Gasteiger partial charge is 0.544 e. The van der Waals surface area contributed by atoms with Crippen molar-refractivity contribution in [3.05, 3.63) is 178 Å². The molecule has 54 heavy (non-hydrogen) atoms. The fourth-order valence-corrected chi connectivity index (χ4v) is 14.4. The van der Waals surface area contributed by atoms with Crippen LogP contribution in [0.4, 0.5) is 0 Å². The highest BCUT2D eigenvalue weighted by Crippen LogP contribution is 2.54. The minimum absolute atomic E-state index is 0.196. The molecule has 4 aromatic carbocycles. The van der Waals surface area contributed by atoms with Gasteiger partial charge < -0.3 is 8.85 Å². The summed E-state index contributed by atoms with van der Waals surface area (Å²) in [4.78, 5) is 0. The molecule has 8 rings (SSSR count). The quantitative estimate of drug-likeness (QED) is 0.167. The maximum absolute atomic E-state index is 6.39. The summed E-state index contributed by atoms with van der Waals surface area (Å²) in [5, 5.41) is 5.10. The van der Waals surface area contributed by atoms with Gasteiger partial charge in [0.05, 0.1) is 8.80 Å². The third-order valence-corrected chi connectivity index (χ3v) is 16.3. The minimum Gasteiger partial charge on any atom is -0.544 e. The van der Waals surface area contributed by atoms with Crippen molar-refractivity contribution in [3.63, 3.8) is 0 Å². The summed E-state index contributed by atoms with van der Waals surface area (Å²) in [5.41, 5.74) is 12.5. The summed E-state index contributed by atoms with van der Waals surface area (Å²) < 4.78 is 12.8. The number of rotatable bonds is 8. The molecule has 0 bridgehead atoms. The molecule has 0 saturated carbocycles. The van der Waals surface area contributed by atoms with Crippen molar-refractivity contribution in [2.24, 2.45) is 0 Å². The van der Waals surface area contributed by atoms with E-state index in [9.17, 15) is 0 Å². The van der Waals surface area contributed by atoms with E-state index in [2.05, 4.69) is 193 Å². The van der Waals surface area contributed by atoms with Crippen molar-refractivity contribution in [2.45, 2.75) is 82.6 Å². The molecule has 0 fully saturated rings. The van der Waals surface area contributed by atoms with Crippen LogP contribution in [0, 0.1) is 0 Å². The first-order chi connectivity index (χ1) is 25.8. The zero-order valence-electron chi connectivity index (χ0n) is 33.3. The monoisotopic (exact) mass is 757 g/mol. The second-order valence-corrected chi connectivity index (χ2v) is 29.0. The van der Waals surface area contributed by atoms with Gasteiger partial charge in [-0.2, -0.15) is 0 Å². The first-order valence-electron chi connectivity index (χ1n) is 19.6. The first-order valence-corrected chi connectivity index (χ1v) is 28.5. The Morgan fingerprint density at radius 1 is 0.519 bits per heavy atom. The van der Waals surface area contributed by atoms with E-state index in [1.807, 2.05) is 0 Å². The normalized spacial score (nSPS) is 22.5. The molecule has 273 valence electrons. The van der Waals surface area contributed by atoms with Gasteiger partial charge in [-0.05, 0) is 143 Å². The molecule has 0 aliphatic heterocycles. The summed E-state index contributed by atoms with van der Waals surface area (Å²) in [6, 6.07) is 26.9. The SMILES string of the molecule is CC1=CC2=C(C=CC=CC2c2cccc3cc(O[Si](C)(C)C)ccc23)C1[Si](C)C1C(C)=CC2=C1C=CC=CC2c1cccc2cc(O[Si](C)(C)C)ccc12. The number of hydrogen-bond donors (Lipinski definition) is 0. The fourth-order valence-electron chi connectivity index (χ4n) is 9.32. The Balaban J connectivity index is 1.14. The summed E-state index contributed by atoms with van der Waals surface area (Å²) in [6.07, 6.45) is 23.8. The maximum Gasteiger partial charge on any atom is 0.242 e. The molecule has 5 heteroatoms. The lowest BCUT2D eigenvalue weighted by atomic mass is 9.86. The summed E-state index contributed by atoms with van der Waals surface area (Å²) in [5.74, 6) is 2.35. The van der Waals surface area contributed by atoms with E-state index in [0.29, 0.717) is 11.1 Å².